The largest absolute Gasteiger partial charge is 0.434 e. The summed E-state index contributed by atoms with van der Waals surface area (Å²) in [4.78, 5) is 10.8. The second-order valence-corrected chi connectivity index (χ2v) is 4.20. The van der Waals surface area contributed by atoms with Gasteiger partial charge >= 0.3 is 6.61 Å². The van der Waals surface area contributed by atoms with Crippen molar-refractivity contribution >= 4 is 17.9 Å². The van der Waals surface area contributed by atoms with Gasteiger partial charge in [0.25, 0.3) is 0 Å². The maximum atomic E-state index is 12.4. The molecule has 0 aliphatic rings. The molecule has 0 aliphatic carbocycles. The van der Waals surface area contributed by atoms with Crippen molar-refractivity contribution in [3.8, 4) is 16.9 Å². The van der Waals surface area contributed by atoms with Crippen LogP contribution in [0.2, 0.25) is 5.02 Å². The van der Waals surface area contributed by atoms with E-state index in [1.54, 1.807) is 24.3 Å². The van der Waals surface area contributed by atoms with Gasteiger partial charge in [0.2, 0.25) is 0 Å². The number of hydrogen-bond acceptors (Lipinski definition) is 2. The molecule has 0 saturated carbocycles. The van der Waals surface area contributed by atoms with Gasteiger partial charge in [-0.05, 0) is 35.9 Å². The summed E-state index contributed by atoms with van der Waals surface area (Å²) in [7, 11) is 0. The van der Waals surface area contributed by atoms with E-state index in [-0.39, 0.29) is 5.75 Å². The molecule has 0 spiro atoms. The van der Waals surface area contributed by atoms with Crippen molar-refractivity contribution in [2.45, 2.75) is 6.61 Å². The van der Waals surface area contributed by atoms with Crippen molar-refractivity contribution in [2.75, 3.05) is 0 Å². The molecule has 0 radical (unpaired) electrons. The Bertz CT molecular complexity index is 600. The van der Waals surface area contributed by atoms with Gasteiger partial charge in [-0.15, -0.1) is 0 Å². The van der Waals surface area contributed by atoms with Crippen LogP contribution in [0.3, 0.4) is 0 Å². The molecule has 0 aliphatic heterocycles. The molecule has 0 bridgehead atoms. The topological polar surface area (TPSA) is 26.3 Å². The van der Waals surface area contributed by atoms with Crippen LogP contribution in [0.25, 0.3) is 11.1 Å². The Hall–Kier alpha value is -1.94. The molecule has 0 N–H and O–H groups in total. The molecule has 2 nitrogen and oxygen atoms in total. The molecule has 0 saturated heterocycles. The fourth-order valence-electron chi connectivity index (χ4n) is 1.70. The number of hydrogen-bond donors (Lipinski definition) is 0. The van der Waals surface area contributed by atoms with E-state index in [0.29, 0.717) is 28.0 Å². The Morgan fingerprint density at radius 3 is 2.58 bits per heavy atom. The van der Waals surface area contributed by atoms with Gasteiger partial charge in [-0.3, -0.25) is 4.79 Å². The average molecular weight is 283 g/mol. The zero-order valence-electron chi connectivity index (χ0n) is 9.65. The minimum absolute atomic E-state index is 0.00265. The third kappa shape index (κ3) is 3.29. The molecular weight excluding hydrogens is 274 g/mol. The maximum absolute atomic E-state index is 12.4. The summed E-state index contributed by atoms with van der Waals surface area (Å²) in [5, 5.41) is 0.469. The number of ether oxygens (including phenoxy) is 1. The van der Waals surface area contributed by atoms with Crippen LogP contribution < -0.4 is 4.74 Å². The van der Waals surface area contributed by atoms with E-state index in [2.05, 4.69) is 4.74 Å². The fourth-order valence-corrected chi connectivity index (χ4v) is 1.89. The van der Waals surface area contributed by atoms with Gasteiger partial charge in [-0.25, -0.2) is 0 Å². The van der Waals surface area contributed by atoms with Crippen molar-refractivity contribution < 1.29 is 18.3 Å². The Balaban J connectivity index is 2.54. The summed E-state index contributed by atoms with van der Waals surface area (Å²) in [6.07, 6.45) is 0.639. The number of carbonyl (C=O) groups excluding carboxylic acids is 1. The Morgan fingerprint density at radius 2 is 1.95 bits per heavy atom. The van der Waals surface area contributed by atoms with Gasteiger partial charge in [0.1, 0.15) is 12.0 Å². The molecule has 0 unspecified atom stereocenters. The first-order valence-corrected chi connectivity index (χ1v) is 5.78. The molecule has 0 fully saturated rings. The number of halogens is 3. The van der Waals surface area contributed by atoms with Gasteiger partial charge in [0.15, 0.2) is 0 Å². The van der Waals surface area contributed by atoms with Crippen LogP contribution >= 0.6 is 11.6 Å². The van der Waals surface area contributed by atoms with Crippen LogP contribution in [0.1, 0.15) is 10.4 Å². The van der Waals surface area contributed by atoms with E-state index in [1.165, 1.54) is 18.2 Å². The van der Waals surface area contributed by atoms with Gasteiger partial charge in [-0.2, -0.15) is 8.78 Å². The fraction of sp³-hybridized carbons (Fsp3) is 0.0714. The van der Waals surface area contributed by atoms with Crippen molar-refractivity contribution in [2.24, 2.45) is 0 Å². The zero-order valence-corrected chi connectivity index (χ0v) is 10.4. The highest BCUT2D eigenvalue weighted by Crippen LogP contribution is 2.33. The second kappa shape index (κ2) is 5.80. The van der Waals surface area contributed by atoms with E-state index in [1.807, 2.05) is 0 Å². The average Bonchev–Trinajstić information content (AvgIpc) is 2.38. The van der Waals surface area contributed by atoms with Crippen molar-refractivity contribution in [1.29, 1.82) is 0 Å². The van der Waals surface area contributed by atoms with E-state index >= 15 is 0 Å². The molecule has 98 valence electrons. The van der Waals surface area contributed by atoms with Crippen molar-refractivity contribution in [3.05, 3.63) is 53.1 Å². The second-order valence-electron chi connectivity index (χ2n) is 3.76. The third-order valence-corrected chi connectivity index (χ3v) is 2.73. The van der Waals surface area contributed by atoms with Crippen LogP contribution in [0.4, 0.5) is 8.78 Å². The normalized spacial score (nSPS) is 10.5. The quantitative estimate of drug-likeness (QED) is 0.776. The number of carbonyl (C=O) groups is 1. The molecular formula is C14H9ClF2O2. The number of aldehydes is 1. The van der Waals surface area contributed by atoms with Crippen molar-refractivity contribution in [1.82, 2.24) is 0 Å². The van der Waals surface area contributed by atoms with Gasteiger partial charge in [-0.1, -0.05) is 23.7 Å². The van der Waals surface area contributed by atoms with E-state index < -0.39 is 6.61 Å². The predicted molar refractivity (Wildman–Crippen MR) is 68.9 cm³/mol. The summed E-state index contributed by atoms with van der Waals surface area (Å²) in [5.74, 6) is 0.00265. The molecule has 0 atom stereocenters. The molecule has 0 amide bonds. The summed E-state index contributed by atoms with van der Waals surface area (Å²) < 4.78 is 29.2. The third-order valence-electron chi connectivity index (χ3n) is 2.49. The first-order chi connectivity index (χ1) is 9.10. The summed E-state index contributed by atoms with van der Waals surface area (Å²) in [5.41, 5.74) is 1.37. The SMILES string of the molecule is O=Cc1ccc(OC(F)F)c(-c2cccc(Cl)c2)c1. The lowest BCUT2D eigenvalue weighted by atomic mass is 10.0. The molecule has 2 aromatic rings. The monoisotopic (exact) mass is 282 g/mol. The predicted octanol–water partition coefficient (Wildman–Crippen LogP) is 4.42. The van der Waals surface area contributed by atoms with Crippen molar-refractivity contribution in [3.63, 3.8) is 0 Å². The number of alkyl halides is 2. The summed E-state index contributed by atoms with van der Waals surface area (Å²) in [6.45, 7) is -2.93. The molecule has 2 aromatic carbocycles. The highest BCUT2D eigenvalue weighted by atomic mass is 35.5. The highest BCUT2D eigenvalue weighted by molar-refractivity contribution is 6.30. The lowest BCUT2D eigenvalue weighted by molar-refractivity contribution is -0.0494. The van der Waals surface area contributed by atoms with E-state index in [0.717, 1.165) is 0 Å². The van der Waals surface area contributed by atoms with Gasteiger partial charge in [0, 0.05) is 16.1 Å². The smallest absolute Gasteiger partial charge is 0.387 e. The summed E-state index contributed by atoms with van der Waals surface area (Å²) in [6, 6.07) is 10.9. The van der Waals surface area contributed by atoms with E-state index in [4.69, 9.17) is 11.6 Å². The minimum Gasteiger partial charge on any atom is -0.434 e. The Kier molecular flexibility index (Phi) is 4.12. The van der Waals surface area contributed by atoms with Crippen LogP contribution in [0.5, 0.6) is 5.75 Å². The van der Waals surface area contributed by atoms with Gasteiger partial charge < -0.3 is 4.74 Å². The zero-order chi connectivity index (χ0) is 13.8. The first-order valence-electron chi connectivity index (χ1n) is 5.40. The lowest BCUT2D eigenvalue weighted by Crippen LogP contribution is -2.03. The molecule has 0 heterocycles. The Labute approximate surface area is 113 Å². The molecule has 5 heteroatoms. The molecule has 0 aromatic heterocycles. The minimum atomic E-state index is -2.93. The number of rotatable bonds is 4. The van der Waals surface area contributed by atoms with Gasteiger partial charge in [0.05, 0.1) is 0 Å². The first kappa shape index (κ1) is 13.5. The van der Waals surface area contributed by atoms with E-state index in [9.17, 15) is 13.6 Å². The standard InChI is InChI=1S/C14H9ClF2O2/c15-11-3-1-2-10(7-11)12-6-9(8-18)4-5-13(12)19-14(16)17/h1-8,14H. The van der Waals surface area contributed by atoms with Crippen LogP contribution in [0.15, 0.2) is 42.5 Å². The maximum Gasteiger partial charge on any atom is 0.387 e. The molecule has 19 heavy (non-hydrogen) atoms. The van der Waals surface area contributed by atoms with Crippen LogP contribution in [-0.2, 0) is 0 Å². The number of benzene rings is 2. The lowest BCUT2D eigenvalue weighted by Gasteiger charge is -2.11. The molecule has 2 rings (SSSR count). The van der Waals surface area contributed by atoms with Crippen LogP contribution in [0, 0.1) is 0 Å². The Morgan fingerprint density at radius 1 is 1.16 bits per heavy atom. The highest BCUT2D eigenvalue weighted by Gasteiger charge is 2.12. The summed E-state index contributed by atoms with van der Waals surface area (Å²) >= 11 is 5.87. The van der Waals surface area contributed by atoms with Crippen LogP contribution in [-0.4, -0.2) is 12.9 Å².